The molecular formula is C10H10BrNO2. The molecule has 0 aliphatic rings. The zero-order valence-electron chi connectivity index (χ0n) is 7.40. The lowest BCUT2D eigenvalue weighted by molar-refractivity contribution is -0.135. The molecule has 1 aromatic rings. The Morgan fingerprint density at radius 3 is 2.86 bits per heavy atom. The highest BCUT2D eigenvalue weighted by molar-refractivity contribution is 9.10. The van der Waals surface area contributed by atoms with E-state index in [-0.39, 0.29) is 6.42 Å². The van der Waals surface area contributed by atoms with E-state index < -0.39 is 5.97 Å². The van der Waals surface area contributed by atoms with E-state index in [1.54, 1.807) is 18.2 Å². The topological polar surface area (TPSA) is 63.3 Å². The molecule has 0 atom stereocenters. The fraction of sp³-hybridized carbons (Fsp3) is 0.100. The van der Waals surface area contributed by atoms with Gasteiger partial charge in [0.1, 0.15) is 0 Å². The molecule has 74 valence electrons. The van der Waals surface area contributed by atoms with Crippen LogP contribution < -0.4 is 5.73 Å². The van der Waals surface area contributed by atoms with Crippen molar-refractivity contribution in [2.75, 3.05) is 5.73 Å². The standard InChI is InChI=1S/C10H10BrNO2/c11-8-6-7(4-5-9(8)12)2-1-3-10(13)14/h1-2,4-6H,3,12H2,(H,13,14). The van der Waals surface area contributed by atoms with Crippen molar-refractivity contribution in [3.05, 3.63) is 34.3 Å². The Morgan fingerprint density at radius 2 is 2.29 bits per heavy atom. The summed E-state index contributed by atoms with van der Waals surface area (Å²) in [5.74, 6) is -0.837. The fourth-order valence-corrected chi connectivity index (χ4v) is 1.34. The molecule has 0 spiro atoms. The Kier molecular flexibility index (Phi) is 3.71. The zero-order valence-corrected chi connectivity index (χ0v) is 8.99. The molecular weight excluding hydrogens is 246 g/mol. The number of anilines is 1. The summed E-state index contributed by atoms with van der Waals surface area (Å²) in [6, 6.07) is 5.44. The first-order valence-corrected chi connectivity index (χ1v) is 4.82. The van der Waals surface area contributed by atoms with Gasteiger partial charge < -0.3 is 10.8 Å². The molecule has 0 saturated carbocycles. The molecule has 14 heavy (non-hydrogen) atoms. The number of carboxylic acids is 1. The van der Waals surface area contributed by atoms with E-state index in [1.165, 1.54) is 0 Å². The lowest BCUT2D eigenvalue weighted by Crippen LogP contribution is -1.90. The molecule has 3 nitrogen and oxygen atoms in total. The largest absolute Gasteiger partial charge is 0.481 e. The van der Waals surface area contributed by atoms with Crippen molar-refractivity contribution in [2.24, 2.45) is 0 Å². The van der Waals surface area contributed by atoms with Gasteiger partial charge in [-0.15, -0.1) is 0 Å². The molecule has 0 saturated heterocycles. The number of nitrogens with two attached hydrogens (primary N) is 1. The van der Waals surface area contributed by atoms with E-state index >= 15 is 0 Å². The molecule has 0 bridgehead atoms. The number of aliphatic carboxylic acids is 1. The monoisotopic (exact) mass is 255 g/mol. The first-order chi connectivity index (χ1) is 6.59. The SMILES string of the molecule is Nc1ccc(C=CCC(=O)O)cc1Br. The summed E-state index contributed by atoms with van der Waals surface area (Å²) in [6.07, 6.45) is 3.38. The Bertz CT molecular complexity index is 374. The number of halogens is 1. The predicted molar refractivity (Wildman–Crippen MR) is 59.8 cm³/mol. The van der Waals surface area contributed by atoms with Gasteiger partial charge in [-0.1, -0.05) is 18.2 Å². The number of benzene rings is 1. The summed E-state index contributed by atoms with van der Waals surface area (Å²) < 4.78 is 0.815. The normalized spacial score (nSPS) is 10.6. The molecule has 0 aliphatic heterocycles. The maximum atomic E-state index is 10.2. The Labute approximate surface area is 90.4 Å². The highest BCUT2D eigenvalue weighted by Crippen LogP contribution is 2.21. The number of hydrogen-bond acceptors (Lipinski definition) is 2. The van der Waals surface area contributed by atoms with Crippen molar-refractivity contribution in [1.29, 1.82) is 0 Å². The van der Waals surface area contributed by atoms with Crippen LogP contribution >= 0.6 is 15.9 Å². The van der Waals surface area contributed by atoms with Crippen LogP contribution in [0.4, 0.5) is 5.69 Å². The van der Waals surface area contributed by atoms with Crippen LogP contribution in [0.15, 0.2) is 28.7 Å². The van der Waals surface area contributed by atoms with Gasteiger partial charge in [-0.05, 0) is 33.6 Å². The molecule has 1 rings (SSSR count). The second kappa shape index (κ2) is 4.81. The van der Waals surface area contributed by atoms with Crippen LogP contribution in [0.5, 0.6) is 0 Å². The third-order valence-electron chi connectivity index (χ3n) is 1.63. The van der Waals surface area contributed by atoms with Gasteiger partial charge in [-0.25, -0.2) is 0 Å². The second-order valence-electron chi connectivity index (χ2n) is 2.78. The fourth-order valence-electron chi connectivity index (χ4n) is 0.943. The van der Waals surface area contributed by atoms with Gasteiger partial charge in [-0.2, -0.15) is 0 Å². The van der Waals surface area contributed by atoms with Crippen molar-refractivity contribution >= 4 is 33.7 Å². The lowest BCUT2D eigenvalue weighted by atomic mass is 10.2. The number of nitrogen functional groups attached to an aromatic ring is 1. The van der Waals surface area contributed by atoms with Crippen molar-refractivity contribution < 1.29 is 9.90 Å². The van der Waals surface area contributed by atoms with Crippen LogP contribution in [-0.2, 0) is 4.79 Å². The summed E-state index contributed by atoms with van der Waals surface area (Å²) in [5.41, 5.74) is 7.19. The van der Waals surface area contributed by atoms with Gasteiger partial charge in [0.05, 0.1) is 6.42 Å². The Balaban J connectivity index is 2.73. The van der Waals surface area contributed by atoms with Crippen molar-refractivity contribution in [2.45, 2.75) is 6.42 Å². The van der Waals surface area contributed by atoms with Crippen LogP contribution in [0, 0.1) is 0 Å². The molecule has 4 heteroatoms. The van der Waals surface area contributed by atoms with E-state index in [2.05, 4.69) is 15.9 Å². The Hall–Kier alpha value is -1.29. The summed E-state index contributed by atoms with van der Waals surface area (Å²) >= 11 is 3.29. The quantitative estimate of drug-likeness (QED) is 0.816. The molecule has 0 aliphatic carbocycles. The van der Waals surface area contributed by atoms with E-state index in [4.69, 9.17) is 10.8 Å². The average Bonchev–Trinajstić information content (AvgIpc) is 2.10. The molecule has 0 fully saturated rings. The van der Waals surface area contributed by atoms with E-state index in [0.29, 0.717) is 5.69 Å². The molecule has 0 aromatic heterocycles. The molecule has 0 heterocycles. The third kappa shape index (κ3) is 3.22. The lowest BCUT2D eigenvalue weighted by Gasteiger charge is -1.98. The van der Waals surface area contributed by atoms with Gasteiger partial charge >= 0.3 is 5.97 Å². The Morgan fingerprint density at radius 1 is 1.57 bits per heavy atom. The first kappa shape index (κ1) is 10.8. The van der Waals surface area contributed by atoms with Crippen LogP contribution in [0.25, 0.3) is 6.08 Å². The summed E-state index contributed by atoms with van der Waals surface area (Å²) in [5, 5.41) is 8.41. The summed E-state index contributed by atoms with van der Waals surface area (Å²) in [7, 11) is 0. The maximum Gasteiger partial charge on any atom is 0.307 e. The van der Waals surface area contributed by atoms with E-state index in [9.17, 15) is 4.79 Å². The summed E-state index contributed by atoms with van der Waals surface area (Å²) in [6.45, 7) is 0. The van der Waals surface area contributed by atoms with E-state index in [1.807, 2.05) is 12.1 Å². The number of hydrogen-bond donors (Lipinski definition) is 2. The van der Waals surface area contributed by atoms with Gasteiger partial charge in [-0.3, -0.25) is 4.79 Å². The second-order valence-corrected chi connectivity index (χ2v) is 3.64. The molecule has 0 radical (unpaired) electrons. The summed E-state index contributed by atoms with van der Waals surface area (Å²) in [4.78, 5) is 10.2. The zero-order chi connectivity index (χ0) is 10.6. The number of carboxylic acid groups (broad SMARTS) is 1. The van der Waals surface area contributed by atoms with Crippen molar-refractivity contribution in [1.82, 2.24) is 0 Å². The minimum Gasteiger partial charge on any atom is -0.481 e. The molecule has 0 amide bonds. The minimum atomic E-state index is -0.837. The van der Waals surface area contributed by atoms with Crippen molar-refractivity contribution in [3.8, 4) is 0 Å². The smallest absolute Gasteiger partial charge is 0.307 e. The third-order valence-corrected chi connectivity index (χ3v) is 2.31. The van der Waals surface area contributed by atoms with Crippen molar-refractivity contribution in [3.63, 3.8) is 0 Å². The highest BCUT2D eigenvalue weighted by atomic mass is 79.9. The van der Waals surface area contributed by atoms with Gasteiger partial charge in [0, 0.05) is 10.2 Å². The van der Waals surface area contributed by atoms with Gasteiger partial charge in [0.2, 0.25) is 0 Å². The van der Waals surface area contributed by atoms with Crippen LogP contribution in [-0.4, -0.2) is 11.1 Å². The van der Waals surface area contributed by atoms with Crippen LogP contribution in [0.2, 0.25) is 0 Å². The molecule has 1 aromatic carbocycles. The highest BCUT2D eigenvalue weighted by Gasteiger charge is 1.95. The molecule has 0 unspecified atom stereocenters. The van der Waals surface area contributed by atoms with Crippen LogP contribution in [0.3, 0.4) is 0 Å². The van der Waals surface area contributed by atoms with E-state index in [0.717, 1.165) is 10.0 Å². The minimum absolute atomic E-state index is 0.0298. The molecule has 3 N–H and O–H groups in total. The van der Waals surface area contributed by atoms with Gasteiger partial charge in [0.25, 0.3) is 0 Å². The first-order valence-electron chi connectivity index (χ1n) is 4.03. The average molecular weight is 256 g/mol. The maximum absolute atomic E-state index is 10.2. The predicted octanol–water partition coefficient (Wildman–Crippen LogP) is 2.52. The van der Waals surface area contributed by atoms with Gasteiger partial charge in [0.15, 0.2) is 0 Å². The van der Waals surface area contributed by atoms with Crippen LogP contribution in [0.1, 0.15) is 12.0 Å². The number of rotatable bonds is 3. The number of carbonyl (C=O) groups is 1.